The molecule has 0 saturated carbocycles. The Hall–Kier alpha value is -2.22. The zero-order valence-corrected chi connectivity index (χ0v) is 16.7. The van der Waals surface area contributed by atoms with Crippen molar-refractivity contribution in [2.45, 2.75) is 32.4 Å². The summed E-state index contributed by atoms with van der Waals surface area (Å²) in [5.41, 5.74) is 2.86. The van der Waals surface area contributed by atoms with Gasteiger partial charge in [0.15, 0.2) is 11.9 Å². The Morgan fingerprint density at radius 2 is 2.07 bits per heavy atom. The van der Waals surface area contributed by atoms with E-state index in [0.717, 1.165) is 41.6 Å². The van der Waals surface area contributed by atoms with Gasteiger partial charge in [-0.05, 0) is 17.0 Å². The third-order valence-electron chi connectivity index (χ3n) is 5.31. The van der Waals surface area contributed by atoms with E-state index in [4.69, 9.17) is 0 Å². The van der Waals surface area contributed by atoms with Crippen LogP contribution in [0.25, 0.3) is 4.96 Å². The molecule has 5 nitrogen and oxygen atoms in total. The van der Waals surface area contributed by atoms with Gasteiger partial charge in [0.25, 0.3) is 0 Å². The predicted octanol–water partition coefficient (Wildman–Crippen LogP) is 2.85. The molecule has 1 unspecified atom stereocenters. The summed E-state index contributed by atoms with van der Waals surface area (Å²) in [4.78, 5) is 9.04. The monoisotopic (exact) mass is 397 g/mol. The molecule has 0 fully saturated rings. The molecule has 3 aromatic heterocycles. The van der Waals surface area contributed by atoms with Gasteiger partial charge in [0.2, 0.25) is 10.8 Å². The van der Waals surface area contributed by atoms with Crippen LogP contribution >= 0.6 is 22.7 Å². The van der Waals surface area contributed by atoms with Crippen molar-refractivity contribution in [3.8, 4) is 5.88 Å². The van der Waals surface area contributed by atoms with Gasteiger partial charge in [0.05, 0.1) is 11.4 Å². The highest BCUT2D eigenvalue weighted by molar-refractivity contribution is 7.17. The molecule has 0 bridgehead atoms. The second kappa shape index (κ2) is 6.74. The number of nitrogens with zero attached hydrogens (tertiary/aromatic N) is 3. The maximum Gasteiger partial charge on any atom is 0.235 e. The van der Waals surface area contributed by atoms with Crippen molar-refractivity contribution in [2.75, 3.05) is 6.54 Å². The number of aromatic nitrogens is 3. The van der Waals surface area contributed by atoms with Gasteiger partial charge < -0.3 is 10.0 Å². The van der Waals surface area contributed by atoms with Gasteiger partial charge in [-0.1, -0.05) is 48.6 Å². The van der Waals surface area contributed by atoms with Crippen molar-refractivity contribution >= 4 is 27.6 Å². The van der Waals surface area contributed by atoms with E-state index in [1.807, 2.05) is 6.92 Å². The van der Waals surface area contributed by atoms with Crippen LogP contribution in [0.3, 0.4) is 0 Å². The van der Waals surface area contributed by atoms with E-state index in [-0.39, 0.29) is 11.9 Å². The molecule has 0 aliphatic carbocycles. The van der Waals surface area contributed by atoms with E-state index in [1.165, 1.54) is 20.9 Å². The van der Waals surface area contributed by atoms with Crippen molar-refractivity contribution in [1.82, 2.24) is 14.6 Å². The minimum atomic E-state index is 0.108. The predicted molar refractivity (Wildman–Crippen MR) is 108 cm³/mol. The van der Waals surface area contributed by atoms with Crippen LogP contribution in [0.2, 0.25) is 0 Å². The number of quaternary nitrogens is 1. The second-order valence-electron chi connectivity index (χ2n) is 6.92. The first kappa shape index (κ1) is 16.9. The lowest BCUT2D eigenvalue weighted by Gasteiger charge is -2.31. The number of hydrogen-bond acceptors (Lipinski definition) is 5. The number of fused-ring (bicyclic) bond motifs is 2. The van der Waals surface area contributed by atoms with Crippen LogP contribution in [0.15, 0.2) is 41.8 Å². The summed E-state index contributed by atoms with van der Waals surface area (Å²) in [6.07, 6.45) is 1.83. The fraction of sp³-hybridized carbons (Fsp3) is 0.300. The highest BCUT2D eigenvalue weighted by atomic mass is 32.1. The summed E-state index contributed by atoms with van der Waals surface area (Å²) in [5, 5.41) is 17.5. The number of rotatable bonds is 4. The third kappa shape index (κ3) is 2.86. The number of aromatic hydroxyl groups is 1. The molecule has 27 heavy (non-hydrogen) atoms. The molecular formula is C20H21N4OS2+. The van der Waals surface area contributed by atoms with E-state index in [1.54, 1.807) is 27.2 Å². The Morgan fingerprint density at radius 3 is 2.81 bits per heavy atom. The number of thiophene rings is 1. The van der Waals surface area contributed by atoms with Crippen LogP contribution in [0.1, 0.15) is 39.7 Å². The SMILES string of the molecule is CCc1nc2sc([C@H](c3cccs3)[NH+]3CCc4ccccc4C3)c(O)n2n1. The fourth-order valence-electron chi connectivity index (χ4n) is 3.95. The van der Waals surface area contributed by atoms with Gasteiger partial charge in [-0.3, -0.25) is 0 Å². The van der Waals surface area contributed by atoms with Crippen molar-refractivity contribution in [2.24, 2.45) is 0 Å². The summed E-state index contributed by atoms with van der Waals surface area (Å²) >= 11 is 3.32. The molecule has 138 valence electrons. The number of hydrogen-bond donors (Lipinski definition) is 2. The fourth-order valence-corrected chi connectivity index (χ4v) is 6.07. The van der Waals surface area contributed by atoms with Gasteiger partial charge in [-0.15, -0.1) is 16.4 Å². The Kier molecular flexibility index (Phi) is 4.22. The number of thiazole rings is 1. The molecule has 0 radical (unpaired) electrons. The quantitative estimate of drug-likeness (QED) is 0.557. The number of aryl methyl sites for hydroxylation is 1. The molecule has 1 aliphatic rings. The largest absolute Gasteiger partial charge is 0.492 e. The van der Waals surface area contributed by atoms with Gasteiger partial charge in [0.1, 0.15) is 11.4 Å². The highest BCUT2D eigenvalue weighted by Gasteiger charge is 2.35. The Morgan fingerprint density at radius 1 is 1.22 bits per heavy atom. The van der Waals surface area contributed by atoms with Crippen molar-refractivity contribution in [1.29, 1.82) is 0 Å². The first-order chi connectivity index (χ1) is 13.2. The second-order valence-corrected chi connectivity index (χ2v) is 8.91. The van der Waals surface area contributed by atoms with Gasteiger partial charge >= 0.3 is 0 Å². The smallest absolute Gasteiger partial charge is 0.235 e. The molecule has 0 spiro atoms. The summed E-state index contributed by atoms with van der Waals surface area (Å²) in [6, 6.07) is 13.1. The van der Waals surface area contributed by atoms with E-state index >= 15 is 0 Å². The maximum absolute atomic E-state index is 11.0. The molecule has 0 saturated heterocycles. The lowest BCUT2D eigenvalue weighted by molar-refractivity contribution is -0.940. The minimum Gasteiger partial charge on any atom is -0.492 e. The number of nitrogens with one attached hydrogen (secondary N) is 1. The van der Waals surface area contributed by atoms with Crippen LogP contribution in [0.4, 0.5) is 0 Å². The zero-order valence-electron chi connectivity index (χ0n) is 15.1. The lowest BCUT2D eigenvalue weighted by Crippen LogP contribution is -3.12. The molecule has 0 amide bonds. The third-order valence-corrected chi connectivity index (χ3v) is 7.33. The molecule has 1 aliphatic heterocycles. The molecule has 7 heteroatoms. The summed E-state index contributed by atoms with van der Waals surface area (Å²) in [5.74, 6) is 1.02. The van der Waals surface area contributed by atoms with Crippen LogP contribution in [0.5, 0.6) is 5.88 Å². The topological polar surface area (TPSA) is 54.9 Å². The first-order valence-electron chi connectivity index (χ1n) is 9.26. The Balaban J connectivity index is 1.59. The maximum atomic E-state index is 11.0. The molecule has 5 rings (SSSR count). The van der Waals surface area contributed by atoms with E-state index in [0.29, 0.717) is 0 Å². The lowest BCUT2D eigenvalue weighted by atomic mass is 9.98. The molecule has 4 aromatic rings. The van der Waals surface area contributed by atoms with Gasteiger partial charge in [-0.25, -0.2) is 4.98 Å². The van der Waals surface area contributed by atoms with E-state index < -0.39 is 0 Å². The van der Waals surface area contributed by atoms with Gasteiger partial charge in [0, 0.05) is 18.4 Å². The average molecular weight is 398 g/mol. The summed E-state index contributed by atoms with van der Waals surface area (Å²) in [6.45, 7) is 4.04. The molecule has 2 atom stereocenters. The molecule has 4 heterocycles. The van der Waals surface area contributed by atoms with Crippen LogP contribution in [-0.4, -0.2) is 26.2 Å². The van der Waals surface area contributed by atoms with Crippen molar-refractivity contribution < 1.29 is 10.0 Å². The van der Waals surface area contributed by atoms with Crippen LogP contribution < -0.4 is 4.90 Å². The molecular weight excluding hydrogens is 376 g/mol. The summed E-state index contributed by atoms with van der Waals surface area (Å²) in [7, 11) is 0. The Bertz CT molecular complexity index is 1080. The van der Waals surface area contributed by atoms with Crippen LogP contribution in [-0.2, 0) is 19.4 Å². The van der Waals surface area contributed by atoms with Gasteiger partial charge in [-0.2, -0.15) is 4.52 Å². The molecule has 1 aromatic carbocycles. The normalized spacial score (nSPS) is 17.9. The zero-order chi connectivity index (χ0) is 18.4. The average Bonchev–Trinajstić information content (AvgIpc) is 3.42. The van der Waals surface area contributed by atoms with Crippen molar-refractivity contribution in [3.63, 3.8) is 0 Å². The first-order valence-corrected chi connectivity index (χ1v) is 11.0. The summed E-state index contributed by atoms with van der Waals surface area (Å²) < 4.78 is 1.61. The number of benzene rings is 1. The van der Waals surface area contributed by atoms with Crippen LogP contribution in [0, 0.1) is 0 Å². The van der Waals surface area contributed by atoms with E-state index in [2.05, 4.69) is 51.9 Å². The Labute approximate surface area is 165 Å². The standard InChI is InChI=1S/C20H20N4OS2/c1-2-16-21-20-24(22-16)19(25)18(27-20)17(15-8-5-11-26-15)23-10-9-13-6-3-4-7-14(13)12-23/h3-8,11,17,25H,2,9-10,12H2,1H3/p+1/t17-/m0/s1. The minimum absolute atomic E-state index is 0.108. The van der Waals surface area contributed by atoms with E-state index in [9.17, 15) is 5.11 Å². The highest BCUT2D eigenvalue weighted by Crippen LogP contribution is 2.36. The van der Waals surface area contributed by atoms with Crippen molar-refractivity contribution in [3.05, 3.63) is 68.5 Å². The molecule has 2 N–H and O–H groups in total.